The van der Waals surface area contributed by atoms with Gasteiger partial charge in [-0.15, -0.1) is 0 Å². The Bertz CT molecular complexity index is 374. The van der Waals surface area contributed by atoms with E-state index < -0.39 is 17.9 Å². The number of unbranched alkanes of at least 4 members (excludes halogenated alkanes) is 8. The molecule has 0 bridgehead atoms. The smallest absolute Gasteiger partial charge is 0.320 e. The van der Waals surface area contributed by atoms with Crippen LogP contribution in [-0.2, 0) is 14.3 Å². The van der Waals surface area contributed by atoms with Gasteiger partial charge in [-0.2, -0.15) is 0 Å². The predicted octanol–water partition coefficient (Wildman–Crippen LogP) is 5.75. The molecular weight excluding hydrogens is 316 g/mol. The number of carboxylic acid groups (broad SMARTS) is 1. The highest BCUT2D eigenvalue weighted by molar-refractivity contribution is 5.93. The second kappa shape index (κ2) is 16.2. The van der Waals surface area contributed by atoms with E-state index in [0.29, 0.717) is 18.9 Å². The summed E-state index contributed by atoms with van der Waals surface area (Å²) < 4.78 is 5.09. The molecule has 0 aromatic rings. The number of hydrogen-bond donors (Lipinski definition) is 1. The quantitative estimate of drug-likeness (QED) is 0.166. The number of carbonyl (C=O) groups is 2. The van der Waals surface area contributed by atoms with Crippen LogP contribution in [0.1, 0.15) is 91.4 Å². The predicted molar refractivity (Wildman–Crippen MR) is 103 cm³/mol. The van der Waals surface area contributed by atoms with Crippen molar-refractivity contribution >= 4 is 11.9 Å². The average molecular weight is 355 g/mol. The molecule has 0 saturated carbocycles. The number of ether oxygens (including phenoxy) is 1. The summed E-state index contributed by atoms with van der Waals surface area (Å²) in [6, 6.07) is 0. The van der Waals surface area contributed by atoms with E-state index in [1.54, 1.807) is 0 Å². The first-order valence-electron chi connectivity index (χ1n) is 10.0. The van der Waals surface area contributed by atoms with Crippen LogP contribution in [0.5, 0.6) is 0 Å². The SMILES string of the molecule is CCCCCOC(=O)C(CCCCCCCCC=CC(C)C)C(=O)O. The monoisotopic (exact) mass is 354 g/mol. The topological polar surface area (TPSA) is 63.6 Å². The molecule has 0 amide bonds. The molecule has 0 radical (unpaired) electrons. The van der Waals surface area contributed by atoms with Gasteiger partial charge in [0.1, 0.15) is 0 Å². The molecule has 4 nitrogen and oxygen atoms in total. The summed E-state index contributed by atoms with van der Waals surface area (Å²) in [5, 5.41) is 9.20. The molecule has 0 aromatic carbocycles. The number of aliphatic carboxylic acids is 1. The average Bonchev–Trinajstić information content (AvgIpc) is 2.55. The van der Waals surface area contributed by atoms with Gasteiger partial charge in [-0.1, -0.05) is 77.9 Å². The highest BCUT2D eigenvalue weighted by atomic mass is 16.5. The molecular formula is C21H38O4. The summed E-state index contributed by atoms with van der Waals surface area (Å²) in [6.07, 6.45) is 15.3. The van der Waals surface area contributed by atoms with Gasteiger partial charge < -0.3 is 9.84 Å². The Hall–Kier alpha value is -1.32. The maximum Gasteiger partial charge on any atom is 0.320 e. The van der Waals surface area contributed by atoms with E-state index in [2.05, 4.69) is 32.9 Å². The molecule has 0 heterocycles. The fourth-order valence-electron chi connectivity index (χ4n) is 2.65. The molecule has 0 spiro atoms. The second-order valence-corrected chi connectivity index (χ2v) is 7.14. The zero-order valence-corrected chi connectivity index (χ0v) is 16.5. The molecule has 0 aliphatic heterocycles. The molecule has 1 atom stereocenters. The van der Waals surface area contributed by atoms with Crippen LogP contribution in [-0.4, -0.2) is 23.7 Å². The van der Waals surface area contributed by atoms with Crippen molar-refractivity contribution in [2.24, 2.45) is 11.8 Å². The normalized spacial score (nSPS) is 12.6. The van der Waals surface area contributed by atoms with E-state index in [-0.39, 0.29) is 0 Å². The molecule has 0 rings (SSSR count). The summed E-state index contributed by atoms with van der Waals surface area (Å²) in [6.45, 7) is 6.77. The Morgan fingerprint density at radius 2 is 1.60 bits per heavy atom. The summed E-state index contributed by atoms with van der Waals surface area (Å²) in [4.78, 5) is 23.1. The summed E-state index contributed by atoms with van der Waals surface area (Å²) in [7, 11) is 0. The summed E-state index contributed by atoms with van der Waals surface area (Å²) in [5.74, 6) is -2.00. The Balaban J connectivity index is 3.73. The number of carboxylic acids is 1. The second-order valence-electron chi connectivity index (χ2n) is 7.14. The van der Waals surface area contributed by atoms with Crippen LogP contribution < -0.4 is 0 Å². The van der Waals surface area contributed by atoms with Crippen LogP contribution in [0.2, 0.25) is 0 Å². The fraction of sp³-hybridized carbons (Fsp3) is 0.810. The molecule has 0 saturated heterocycles. The van der Waals surface area contributed by atoms with Crippen LogP contribution in [0.3, 0.4) is 0 Å². The molecule has 4 heteroatoms. The van der Waals surface area contributed by atoms with E-state index >= 15 is 0 Å². The number of carbonyl (C=O) groups excluding carboxylic acids is 1. The minimum Gasteiger partial charge on any atom is -0.481 e. The van der Waals surface area contributed by atoms with Gasteiger partial charge in [0.2, 0.25) is 0 Å². The van der Waals surface area contributed by atoms with Crippen molar-refractivity contribution in [3.05, 3.63) is 12.2 Å². The fourth-order valence-corrected chi connectivity index (χ4v) is 2.65. The molecule has 0 aliphatic rings. The van der Waals surface area contributed by atoms with Crippen molar-refractivity contribution < 1.29 is 19.4 Å². The van der Waals surface area contributed by atoms with E-state index in [1.165, 1.54) is 19.3 Å². The summed E-state index contributed by atoms with van der Waals surface area (Å²) in [5.41, 5.74) is 0. The first kappa shape index (κ1) is 23.7. The lowest BCUT2D eigenvalue weighted by atomic mass is 10.00. The molecule has 146 valence electrons. The highest BCUT2D eigenvalue weighted by Crippen LogP contribution is 2.15. The highest BCUT2D eigenvalue weighted by Gasteiger charge is 2.27. The van der Waals surface area contributed by atoms with Gasteiger partial charge in [0, 0.05) is 0 Å². The maximum absolute atomic E-state index is 11.9. The zero-order chi connectivity index (χ0) is 18.9. The first-order valence-corrected chi connectivity index (χ1v) is 10.0. The van der Waals surface area contributed by atoms with Gasteiger partial charge in [-0.25, -0.2) is 0 Å². The van der Waals surface area contributed by atoms with Crippen LogP contribution in [0.15, 0.2) is 12.2 Å². The minimum atomic E-state index is -1.06. The van der Waals surface area contributed by atoms with Gasteiger partial charge in [0.25, 0.3) is 0 Å². The standard InChI is InChI=1S/C21H38O4/c1-4-5-14-17-25-21(24)19(20(22)23)16-13-11-9-7-6-8-10-12-15-18(2)3/h12,15,18-19H,4-11,13-14,16-17H2,1-3H3,(H,22,23). The lowest BCUT2D eigenvalue weighted by Crippen LogP contribution is -2.26. The molecule has 1 unspecified atom stereocenters. The lowest BCUT2D eigenvalue weighted by molar-refractivity contribution is -0.159. The number of esters is 1. The lowest BCUT2D eigenvalue weighted by Gasteiger charge is -2.12. The zero-order valence-electron chi connectivity index (χ0n) is 16.5. The Kier molecular flexibility index (Phi) is 15.3. The molecule has 1 N–H and O–H groups in total. The third-order valence-electron chi connectivity index (χ3n) is 4.21. The van der Waals surface area contributed by atoms with Crippen LogP contribution in [0.25, 0.3) is 0 Å². The number of rotatable bonds is 16. The van der Waals surface area contributed by atoms with Gasteiger partial charge in [-0.05, 0) is 31.6 Å². The Labute approximate surface area is 154 Å². The molecule has 0 aromatic heterocycles. The van der Waals surface area contributed by atoms with Gasteiger partial charge in [-0.3, -0.25) is 9.59 Å². The van der Waals surface area contributed by atoms with Gasteiger partial charge in [0.05, 0.1) is 6.61 Å². The minimum absolute atomic E-state index is 0.335. The Morgan fingerprint density at radius 1 is 0.960 bits per heavy atom. The van der Waals surface area contributed by atoms with Crippen molar-refractivity contribution in [3.8, 4) is 0 Å². The number of allylic oxidation sites excluding steroid dienone is 2. The maximum atomic E-state index is 11.9. The van der Waals surface area contributed by atoms with Gasteiger partial charge >= 0.3 is 11.9 Å². The summed E-state index contributed by atoms with van der Waals surface area (Å²) >= 11 is 0. The van der Waals surface area contributed by atoms with Crippen LogP contribution in [0.4, 0.5) is 0 Å². The molecule has 25 heavy (non-hydrogen) atoms. The Morgan fingerprint density at radius 3 is 2.20 bits per heavy atom. The van der Waals surface area contributed by atoms with Crippen molar-refractivity contribution in [1.29, 1.82) is 0 Å². The van der Waals surface area contributed by atoms with Gasteiger partial charge in [0.15, 0.2) is 5.92 Å². The van der Waals surface area contributed by atoms with Crippen molar-refractivity contribution in [2.45, 2.75) is 91.4 Å². The van der Waals surface area contributed by atoms with E-state index in [0.717, 1.165) is 44.9 Å². The van der Waals surface area contributed by atoms with Crippen molar-refractivity contribution in [2.75, 3.05) is 6.61 Å². The largest absolute Gasteiger partial charge is 0.481 e. The molecule has 0 fully saturated rings. The third kappa shape index (κ3) is 14.7. The number of hydrogen-bond acceptors (Lipinski definition) is 3. The van der Waals surface area contributed by atoms with Crippen molar-refractivity contribution in [1.82, 2.24) is 0 Å². The third-order valence-corrected chi connectivity index (χ3v) is 4.21. The van der Waals surface area contributed by atoms with E-state index in [9.17, 15) is 14.7 Å². The molecule has 0 aliphatic carbocycles. The van der Waals surface area contributed by atoms with Crippen LogP contribution >= 0.6 is 0 Å². The van der Waals surface area contributed by atoms with E-state index in [4.69, 9.17) is 4.74 Å². The van der Waals surface area contributed by atoms with E-state index in [1.807, 2.05) is 0 Å². The van der Waals surface area contributed by atoms with Crippen molar-refractivity contribution in [3.63, 3.8) is 0 Å². The first-order chi connectivity index (χ1) is 12.0. The van der Waals surface area contributed by atoms with Crippen LogP contribution in [0, 0.1) is 11.8 Å².